The molecule has 1 aliphatic heterocycles. The van der Waals surface area contributed by atoms with E-state index in [4.69, 9.17) is 4.74 Å². The van der Waals surface area contributed by atoms with Gasteiger partial charge in [0.15, 0.2) is 0 Å². The van der Waals surface area contributed by atoms with Crippen molar-refractivity contribution in [2.75, 3.05) is 13.1 Å². The van der Waals surface area contributed by atoms with Gasteiger partial charge in [-0.3, -0.25) is 0 Å². The van der Waals surface area contributed by atoms with Gasteiger partial charge in [-0.2, -0.15) is 0 Å². The minimum absolute atomic E-state index is 0.211. The average Bonchev–Trinajstić information content (AvgIpc) is 2.33. The summed E-state index contributed by atoms with van der Waals surface area (Å²) in [6.07, 6.45) is 3.43. The smallest absolute Gasteiger partial charge is 0.213 e. The third-order valence-corrected chi connectivity index (χ3v) is 3.19. The van der Waals surface area contributed by atoms with Crippen LogP contribution in [-0.4, -0.2) is 35.1 Å². The Morgan fingerprint density at radius 1 is 1.35 bits per heavy atom. The molecule has 0 bridgehead atoms. The fourth-order valence-corrected chi connectivity index (χ4v) is 2.11. The lowest BCUT2D eigenvalue weighted by molar-refractivity contribution is 0.0811. The highest BCUT2D eigenvalue weighted by molar-refractivity contribution is 5.11. The Labute approximate surface area is 102 Å². The molecule has 1 aliphatic rings. The minimum atomic E-state index is -0.327. The molecule has 0 amide bonds. The number of rotatable bonds is 3. The van der Waals surface area contributed by atoms with Crippen LogP contribution in [0.1, 0.15) is 26.7 Å². The maximum Gasteiger partial charge on any atom is 0.213 e. The number of hydrogen-bond donors (Lipinski definition) is 0. The topological polar surface area (TPSA) is 25.4 Å². The van der Waals surface area contributed by atoms with Gasteiger partial charge in [0.05, 0.1) is 6.20 Å². The summed E-state index contributed by atoms with van der Waals surface area (Å²) in [6, 6.07) is 3.57. The van der Waals surface area contributed by atoms with Crippen molar-refractivity contribution in [2.24, 2.45) is 0 Å². The van der Waals surface area contributed by atoms with Crippen LogP contribution in [0.25, 0.3) is 0 Å². The van der Waals surface area contributed by atoms with Crippen molar-refractivity contribution < 1.29 is 9.13 Å². The molecule has 0 saturated carbocycles. The monoisotopic (exact) mass is 238 g/mol. The highest BCUT2D eigenvalue weighted by Crippen LogP contribution is 2.18. The van der Waals surface area contributed by atoms with E-state index in [9.17, 15) is 4.39 Å². The molecule has 1 fully saturated rings. The van der Waals surface area contributed by atoms with Gasteiger partial charge in [0, 0.05) is 25.2 Å². The molecular weight excluding hydrogens is 219 g/mol. The second kappa shape index (κ2) is 5.45. The Balaban J connectivity index is 1.84. The predicted octanol–water partition coefficient (Wildman–Crippen LogP) is 2.47. The summed E-state index contributed by atoms with van der Waals surface area (Å²) in [6.45, 7) is 6.54. The van der Waals surface area contributed by atoms with Crippen molar-refractivity contribution >= 4 is 0 Å². The molecule has 2 rings (SSSR count). The second-order valence-corrected chi connectivity index (χ2v) is 4.76. The molecule has 0 aliphatic carbocycles. The van der Waals surface area contributed by atoms with Crippen molar-refractivity contribution in [1.82, 2.24) is 9.88 Å². The van der Waals surface area contributed by atoms with Crippen LogP contribution in [0.15, 0.2) is 18.3 Å². The van der Waals surface area contributed by atoms with Gasteiger partial charge in [0.2, 0.25) is 5.88 Å². The number of hydrogen-bond acceptors (Lipinski definition) is 3. The van der Waals surface area contributed by atoms with E-state index in [-0.39, 0.29) is 11.9 Å². The summed E-state index contributed by atoms with van der Waals surface area (Å²) in [5.74, 6) is 0.196. The molecule has 0 aromatic carbocycles. The number of aromatic nitrogens is 1. The molecule has 0 spiro atoms. The van der Waals surface area contributed by atoms with E-state index in [1.807, 2.05) is 0 Å². The molecule has 1 aromatic heterocycles. The Morgan fingerprint density at radius 3 is 2.59 bits per heavy atom. The first-order valence-electron chi connectivity index (χ1n) is 6.17. The van der Waals surface area contributed by atoms with Gasteiger partial charge in [0.25, 0.3) is 0 Å². The Morgan fingerprint density at radius 2 is 2.06 bits per heavy atom. The molecule has 0 radical (unpaired) electrons. The van der Waals surface area contributed by atoms with E-state index in [1.165, 1.54) is 12.3 Å². The summed E-state index contributed by atoms with van der Waals surface area (Å²) >= 11 is 0. The van der Waals surface area contributed by atoms with Crippen LogP contribution >= 0.6 is 0 Å². The van der Waals surface area contributed by atoms with Crippen molar-refractivity contribution in [3.05, 3.63) is 24.1 Å². The maximum atomic E-state index is 12.7. The molecule has 1 saturated heterocycles. The fourth-order valence-electron chi connectivity index (χ4n) is 2.11. The third kappa shape index (κ3) is 3.40. The van der Waals surface area contributed by atoms with E-state index in [0.717, 1.165) is 25.9 Å². The summed E-state index contributed by atoms with van der Waals surface area (Å²) in [4.78, 5) is 6.36. The summed E-state index contributed by atoms with van der Waals surface area (Å²) in [5, 5.41) is 0. The first-order chi connectivity index (χ1) is 8.15. The predicted molar refractivity (Wildman–Crippen MR) is 64.6 cm³/mol. The minimum Gasteiger partial charge on any atom is -0.474 e. The highest BCUT2D eigenvalue weighted by atomic mass is 19.1. The largest absolute Gasteiger partial charge is 0.474 e. The zero-order valence-corrected chi connectivity index (χ0v) is 10.4. The fraction of sp³-hybridized carbons (Fsp3) is 0.615. The van der Waals surface area contributed by atoms with Gasteiger partial charge in [0.1, 0.15) is 11.9 Å². The number of nitrogens with zero attached hydrogens (tertiary/aromatic N) is 2. The molecule has 3 nitrogen and oxygen atoms in total. The number of halogens is 1. The van der Waals surface area contributed by atoms with Crippen LogP contribution in [0.2, 0.25) is 0 Å². The maximum absolute atomic E-state index is 12.7. The molecule has 2 heterocycles. The summed E-state index contributed by atoms with van der Waals surface area (Å²) < 4.78 is 18.4. The van der Waals surface area contributed by atoms with Crippen LogP contribution in [0, 0.1) is 5.82 Å². The van der Waals surface area contributed by atoms with Gasteiger partial charge in [-0.15, -0.1) is 0 Å². The van der Waals surface area contributed by atoms with E-state index < -0.39 is 0 Å². The van der Waals surface area contributed by atoms with E-state index >= 15 is 0 Å². The van der Waals surface area contributed by atoms with Crippen LogP contribution in [0.3, 0.4) is 0 Å². The Kier molecular flexibility index (Phi) is 3.94. The van der Waals surface area contributed by atoms with Crippen LogP contribution in [0.4, 0.5) is 4.39 Å². The molecule has 0 atom stereocenters. The van der Waals surface area contributed by atoms with E-state index in [1.54, 1.807) is 6.07 Å². The highest BCUT2D eigenvalue weighted by Gasteiger charge is 2.22. The SMILES string of the molecule is CC(C)N1CCC(Oc2ccc(F)cn2)CC1. The lowest BCUT2D eigenvalue weighted by atomic mass is 10.1. The lowest BCUT2D eigenvalue weighted by Gasteiger charge is -2.34. The Hall–Kier alpha value is -1.16. The van der Waals surface area contributed by atoms with Crippen LogP contribution in [0.5, 0.6) is 5.88 Å². The molecule has 17 heavy (non-hydrogen) atoms. The number of piperidine rings is 1. The number of likely N-dealkylation sites (tertiary alicyclic amines) is 1. The van der Waals surface area contributed by atoms with Crippen LogP contribution < -0.4 is 4.74 Å². The van der Waals surface area contributed by atoms with Gasteiger partial charge >= 0.3 is 0 Å². The molecular formula is C13H19FN2O. The van der Waals surface area contributed by atoms with Gasteiger partial charge in [-0.05, 0) is 32.8 Å². The number of pyridine rings is 1. The van der Waals surface area contributed by atoms with Gasteiger partial charge in [-0.1, -0.05) is 0 Å². The van der Waals surface area contributed by atoms with Crippen LogP contribution in [-0.2, 0) is 0 Å². The van der Waals surface area contributed by atoms with E-state index in [0.29, 0.717) is 11.9 Å². The first-order valence-corrected chi connectivity index (χ1v) is 6.17. The molecule has 0 unspecified atom stereocenters. The Bertz CT molecular complexity index is 345. The quantitative estimate of drug-likeness (QED) is 0.809. The third-order valence-electron chi connectivity index (χ3n) is 3.19. The molecule has 0 N–H and O–H groups in total. The van der Waals surface area contributed by atoms with Crippen molar-refractivity contribution in [1.29, 1.82) is 0 Å². The average molecular weight is 238 g/mol. The van der Waals surface area contributed by atoms with Gasteiger partial charge in [-0.25, -0.2) is 9.37 Å². The van der Waals surface area contributed by atoms with Crippen molar-refractivity contribution in [3.8, 4) is 5.88 Å². The zero-order chi connectivity index (χ0) is 12.3. The molecule has 4 heteroatoms. The molecule has 1 aromatic rings. The lowest BCUT2D eigenvalue weighted by Crippen LogP contribution is -2.41. The summed E-state index contributed by atoms with van der Waals surface area (Å²) in [7, 11) is 0. The van der Waals surface area contributed by atoms with Gasteiger partial charge < -0.3 is 9.64 Å². The standard InChI is InChI=1S/C13H19FN2O/c1-10(2)16-7-5-12(6-8-16)17-13-4-3-11(14)9-15-13/h3-4,9-10,12H,5-8H2,1-2H3. The van der Waals surface area contributed by atoms with Crippen molar-refractivity contribution in [3.63, 3.8) is 0 Å². The van der Waals surface area contributed by atoms with Crippen molar-refractivity contribution in [2.45, 2.75) is 38.8 Å². The van der Waals surface area contributed by atoms with E-state index in [2.05, 4.69) is 23.7 Å². The first kappa shape index (κ1) is 12.3. The number of ether oxygens (including phenoxy) is 1. The normalized spacial score (nSPS) is 18.6. The zero-order valence-electron chi connectivity index (χ0n) is 10.4. The molecule has 94 valence electrons. The second-order valence-electron chi connectivity index (χ2n) is 4.76. The summed E-state index contributed by atoms with van der Waals surface area (Å²) in [5.41, 5.74) is 0.